The topological polar surface area (TPSA) is 0 Å². The Balaban J connectivity index is 0.000000171. The van der Waals surface area contributed by atoms with E-state index in [2.05, 4.69) is 84.9 Å². The summed E-state index contributed by atoms with van der Waals surface area (Å²) in [6.45, 7) is 0. The van der Waals surface area contributed by atoms with Crippen LogP contribution in [0.5, 0.6) is 0 Å². The van der Waals surface area contributed by atoms with E-state index in [1.165, 1.54) is 68.4 Å². The molecular weight excluding hydrogens is 525 g/mol. The molecule has 42 heavy (non-hydrogen) atoms. The second-order valence-corrected chi connectivity index (χ2v) is 11.1. The van der Waals surface area contributed by atoms with Crippen molar-refractivity contribution in [2.75, 3.05) is 0 Å². The van der Waals surface area contributed by atoms with E-state index in [9.17, 15) is 13.2 Å². The minimum Gasteiger partial charge on any atom is -0.166 e. The molecule has 0 bridgehead atoms. The van der Waals surface area contributed by atoms with Gasteiger partial charge in [0.05, 0.1) is 5.56 Å². The van der Waals surface area contributed by atoms with E-state index >= 15 is 0 Å². The number of rotatable bonds is 1. The summed E-state index contributed by atoms with van der Waals surface area (Å²) in [7, 11) is 0. The summed E-state index contributed by atoms with van der Waals surface area (Å²) in [5.74, 6) is 0. The Hall–Kier alpha value is -4.63. The van der Waals surface area contributed by atoms with Gasteiger partial charge in [-0.1, -0.05) is 97.1 Å². The van der Waals surface area contributed by atoms with Crippen LogP contribution >= 0.6 is 0 Å². The third kappa shape index (κ3) is 5.00. The van der Waals surface area contributed by atoms with Crippen LogP contribution in [0.2, 0.25) is 0 Å². The highest BCUT2D eigenvalue weighted by molar-refractivity contribution is 6.10. The highest BCUT2D eigenvalue weighted by Crippen LogP contribution is 2.36. The predicted octanol–water partition coefficient (Wildman–Crippen LogP) is 11.6. The van der Waals surface area contributed by atoms with Crippen molar-refractivity contribution in [3.05, 3.63) is 144 Å². The summed E-state index contributed by atoms with van der Waals surface area (Å²) in [6, 6.07) is 41.7. The Morgan fingerprint density at radius 2 is 1.02 bits per heavy atom. The first kappa shape index (κ1) is 26.3. The molecule has 206 valence electrons. The van der Waals surface area contributed by atoms with Gasteiger partial charge in [-0.05, 0) is 121 Å². The molecule has 0 nitrogen and oxygen atoms in total. The van der Waals surface area contributed by atoms with E-state index in [-0.39, 0.29) is 0 Å². The molecular formula is C39H29F3. The fourth-order valence-electron chi connectivity index (χ4n) is 6.33. The van der Waals surface area contributed by atoms with Gasteiger partial charge >= 0.3 is 6.18 Å². The van der Waals surface area contributed by atoms with E-state index in [1.807, 2.05) is 18.2 Å². The van der Waals surface area contributed by atoms with E-state index in [0.717, 1.165) is 35.2 Å². The van der Waals surface area contributed by atoms with Crippen LogP contribution in [0.25, 0.3) is 54.2 Å². The van der Waals surface area contributed by atoms with Gasteiger partial charge in [0.25, 0.3) is 0 Å². The maximum absolute atomic E-state index is 13.1. The first-order valence-corrected chi connectivity index (χ1v) is 14.5. The Labute approximate surface area is 243 Å². The largest absolute Gasteiger partial charge is 0.416 e. The van der Waals surface area contributed by atoms with E-state index < -0.39 is 11.7 Å². The van der Waals surface area contributed by atoms with Crippen molar-refractivity contribution < 1.29 is 13.2 Å². The number of hydrogen-bond acceptors (Lipinski definition) is 0. The minimum absolute atomic E-state index is 0.590. The lowest BCUT2D eigenvalue weighted by molar-refractivity contribution is -0.137. The fraction of sp³-hybridized carbons (Fsp3) is 0.128. The molecule has 0 fully saturated rings. The zero-order chi connectivity index (χ0) is 28.7. The van der Waals surface area contributed by atoms with Crippen molar-refractivity contribution in [3.8, 4) is 11.1 Å². The fourth-order valence-corrected chi connectivity index (χ4v) is 6.33. The Kier molecular flexibility index (Phi) is 6.66. The Morgan fingerprint density at radius 3 is 1.69 bits per heavy atom. The van der Waals surface area contributed by atoms with Gasteiger partial charge in [0.15, 0.2) is 0 Å². The van der Waals surface area contributed by atoms with Crippen LogP contribution in [-0.2, 0) is 19.0 Å². The lowest BCUT2D eigenvalue weighted by atomic mass is 9.86. The lowest BCUT2D eigenvalue weighted by Crippen LogP contribution is -2.04. The number of fused-ring (bicyclic) bond motifs is 7. The SMILES string of the molecule is FC(F)(F)c1cccc(-c2ccc3ccc4c5c(ccc4c3c2)CCCC5)c1.c1ccc2cc3ccccc3cc2c1. The van der Waals surface area contributed by atoms with Crippen LogP contribution in [0.3, 0.4) is 0 Å². The molecule has 0 spiro atoms. The maximum Gasteiger partial charge on any atom is 0.416 e. The van der Waals surface area contributed by atoms with Gasteiger partial charge in [0.2, 0.25) is 0 Å². The highest BCUT2D eigenvalue weighted by atomic mass is 19.4. The summed E-state index contributed by atoms with van der Waals surface area (Å²) >= 11 is 0. The third-order valence-electron chi connectivity index (χ3n) is 8.49. The number of aryl methyl sites for hydroxylation is 2. The predicted molar refractivity (Wildman–Crippen MR) is 170 cm³/mol. The Bertz CT molecular complexity index is 1980. The van der Waals surface area contributed by atoms with Gasteiger partial charge in [0.1, 0.15) is 0 Å². The summed E-state index contributed by atoms with van der Waals surface area (Å²) in [5.41, 5.74) is 3.66. The second kappa shape index (κ2) is 10.6. The third-order valence-corrected chi connectivity index (χ3v) is 8.49. The summed E-state index contributed by atoms with van der Waals surface area (Å²) < 4.78 is 39.3. The van der Waals surface area contributed by atoms with Gasteiger partial charge in [-0.2, -0.15) is 13.2 Å². The molecule has 8 rings (SSSR count). The minimum atomic E-state index is -4.33. The van der Waals surface area contributed by atoms with Crippen LogP contribution in [0, 0.1) is 0 Å². The number of halogens is 3. The number of benzene rings is 7. The maximum atomic E-state index is 13.1. The molecule has 7 aromatic rings. The van der Waals surface area contributed by atoms with Crippen molar-refractivity contribution in [2.45, 2.75) is 31.9 Å². The van der Waals surface area contributed by atoms with E-state index in [1.54, 1.807) is 6.07 Å². The molecule has 0 aliphatic heterocycles. The molecule has 0 N–H and O–H groups in total. The van der Waals surface area contributed by atoms with Crippen molar-refractivity contribution in [2.24, 2.45) is 0 Å². The molecule has 1 aliphatic carbocycles. The molecule has 0 aromatic heterocycles. The zero-order valence-corrected chi connectivity index (χ0v) is 23.1. The summed E-state index contributed by atoms with van der Waals surface area (Å²) in [6.07, 6.45) is 0.359. The van der Waals surface area contributed by atoms with Crippen LogP contribution in [0.1, 0.15) is 29.5 Å². The molecule has 1 aliphatic rings. The average Bonchev–Trinajstić information content (AvgIpc) is 3.03. The monoisotopic (exact) mass is 554 g/mol. The highest BCUT2D eigenvalue weighted by Gasteiger charge is 2.30. The van der Waals surface area contributed by atoms with Gasteiger partial charge in [-0.3, -0.25) is 0 Å². The van der Waals surface area contributed by atoms with Crippen LogP contribution in [-0.4, -0.2) is 0 Å². The molecule has 0 radical (unpaired) electrons. The summed E-state index contributed by atoms with van der Waals surface area (Å²) in [4.78, 5) is 0. The quantitative estimate of drug-likeness (QED) is 0.140. The molecule has 0 atom stereocenters. The number of hydrogen-bond donors (Lipinski definition) is 0. The van der Waals surface area contributed by atoms with Crippen molar-refractivity contribution >= 4 is 43.1 Å². The van der Waals surface area contributed by atoms with Crippen molar-refractivity contribution in [1.29, 1.82) is 0 Å². The smallest absolute Gasteiger partial charge is 0.166 e. The van der Waals surface area contributed by atoms with Crippen LogP contribution in [0.4, 0.5) is 13.2 Å². The van der Waals surface area contributed by atoms with Crippen LogP contribution in [0.15, 0.2) is 127 Å². The van der Waals surface area contributed by atoms with Crippen molar-refractivity contribution in [1.82, 2.24) is 0 Å². The van der Waals surface area contributed by atoms with Gasteiger partial charge in [-0.25, -0.2) is 0 Å². The molecule has 0 heterocycles. The Morgan fingerprint density at radius 1 is 0.429 bits per heavy atom. The molecule has 3 heteroatoms. The first-order valence-electron chi connectivity index (χ1n) is 14.5. The molecule has 0 amide bonds. The normalized spacial score (nSPS) is 13.2. The van der Waals surface area contributed by atoms with E-state index in [4.69, 9.17) is 0 Å². The van der Waals surface area contributed by atoms with E-state index in [0.29, 0.717) is 5.56 Å². The standard InChI is InChI=1S/C25H19F3.C14H10/c26-25(27,28)20-6-3-5-18(14-20)19-9-8-17-11-12-22-21-7-2-1-4-16(21)10-13-23(22)24(17)15-19;1-2-6-12-10-14-8-4-3-7-13(14)9-11(12)5-1/h3,5-6,8-15H,1-2,4,7H2;1-10H. The molecule has 0 saturated carbocycles. The van der Waals surface area contributed by atoms with Crippen molar-refractivity contribution in [3.63, 3.8) is 0 Å². The molecule has 0 unspecified atom stereocenters. The average molecular weight is 555 g/mol. The zero-order valence-electron chi connectivity index (χ0n) is 23.1. The summed E-state index contributed by atoms with van der Waals surface area (Å²) in [5, 5.41) is 9.92. The second-order valence-electron chi connectivity index (χ2n) is 11.1. The molecule has 0 saturated heterocycles. The number of alkyl halides is 3. The first-order chi connectivity index (χ1) is 20.4. The lowest BCUT2D eigenvalue weighted by Gasteiger charge is -2.19. The van der Waals surface area contributed by atoms with Gasteiger partial charge in [-0.15, -0.1) is 0 Å². The van der Waals surface area contributed by atoms with Crippen LogP contribution < -0.4 is 0 Å². The van der Waals surface area contributed by atoms with Gasteiger partial charge < -0.3 is 0 Å². The van der Waals surface area contributed by atoms with Gasteiger partial charge in [0, 0.05) is 0 Å². The molecule has 7 aromatic carbocycles.